The molecular formula is C17H16FN. The highest BCUT2D eigenvalue weighted by Crippen LogP contribution is 2.28. The first-order valence-corrected chi connectivity index (χ1v) is 6.61. The van der Waals surface area contributed by atoms with Crippen molar-refractivity contribution in [3.05, 3.63) is 72.2 Å². The van der Waals surface area contributed by atoms with E-state index in [1.54, 1.807) is 6.07 Å². The molecular weight excluding hydrogens is 237 g/mol. The van der Waals surface area contributed by atoms with Gasteiger partial charge in [0, 0.05) is 11.6 Å². The molecule has 0 aliphatic rings. The highest BCUT2D eigenvalue weighted by Gasteiger charge is 2.14. The molecule has 0 fully saturated rings. The average molecular weight is 253 g/mol. The summed E-state index contributed by atoms with van der Waals surface area (Å²) in [4.78, 5) is 0. The van der Waals surface area contributed by atoms with Crippen molar-refractivity contribution in [3.8, 4) is 0 Å². The van der Waals surface area contributed by atoms with Gasteiger partial charge in [0.2, 0.25) is 0 Å². The Balaban J connectivity index is 2.15. The van der Waals surface area contributed by atoms with E-state index in [2.05, 4.69) is 23.6 Å². The summed E-state index contributed by atoms with van der Waals surface area (Å²) in [5.74, 6) is -0.154. The van der Waals surface area contributed by atoms with Crippen LogP contribution >= 0.6 is 0 Å². The number of halogens is 1. The fraction of sp³-hybridized carbons (Fsp3) is 0.176. The second kappa shape index (κ2) is 4.88. The van der Waals surface area contributed by atoms with Crippen LogP contribution in [0.2, 0.25) is 0 Å². The Hall–Kier alpha value is -2.09. The number of nitrogens with zero attached hydrogens (tertiary/aromatic N) is 1. The second-order valence-electron chi connectivity index (χ2n) is 4.73. The molecule has 1 aromatic heterocycles. The van der Waals surface area contributed by atoms with Crippen molar-refractivity contribution in [2.45, 2.75) is 19.4 Å². The molecule has 0 aliphatic heterocycles. The zero-order valence-electron chi connectivity index (χ0n) is 10.9. The summed E-state index contributed by atoms with van der Waals surface area (Å²) < 4.78 is 15.9. The largest absolute Gasteiger partial charge is 0.340 e. The van der Waals surface area contributed by atoms with Crippen molar-refractivity contribution < 1.29 is 4.39 Å². The van der Waals surface area contributed by atoms with Crippen LogP contribution in [0.3, 0.4) is 0 Å². The van der Waals surface area contributed by atoms with Crippen molar-refractivity contribution in [3.63, 3.8) is 0 Å². The third kappa shape index (κ3) is 2.03. The minimum Gasteiger partial charge on any atom is -0.340 e. The zero-order valence-corrected chi connectivity index (χ0v) is 10.9. The van der Waals surface area contributed by atoms with Crippen LogP contribution in [-0.4, -0.2) is 4.57 Å². The molecule has 0 saturated carbocycles. The molecule has 2 heteroatoms. The molecule has 1 heterocycles. The van der Waals surface area contributed by atoms with Gasteiger partial charge in [-0.3, -0.25) is 0 Å². The van der Waals surface area contributed by atoms with E-state index in [9.17, 15) is 4.39 Å². The number of rotatable bonds is 3. The lowest BCUT2D eigenvalue weighted by molar-refractivity contribution is 0.584. The van der Waals surface area contributed by atoms with Gasteiger partial charge in [-0.05, 0) is 30.2 Å². The Morgan fingerprint density at radius 1 is 1.00 bits per heavy atom. The molecule has 0 radical (unpaired) electrons. The fourth-order valence-corrected chi connectivity index (χ4v) is 2.69. The zero-order chi connectivity index (χ0) is 13.2. The number of fused-ring (bicyclic) bond motifs is 1. The van der Waals surface area contributed by atoms with Gasteiger partial charge in [0.1, 0.15) is 5.82 Å². The molecule has 96 valence electrons. The summed E-state index contributed by atoms with van der Waals surface area (Å²) in [6.07, 6.45) is 2.96. The first kappa shape index (κ1) is 12.0. The van der Waals surface area contributed by atoms with E-state index in [1.165, 1.54) is 11.6 Å². The summed E-state index contributed by atoms with van der Waals surface area (Å²) in [7, 11) is 0. The quantitative estimate of drug-likeness (QED) is 0.633. The monoisotopic (exact) mass is 253 g/mol. The Morgan fingerprint density at radius 2 is 1.79 bits per heavy atom. The van der Waals surface area contributed by atoms with Gasteiger partial charge in [0.15, 0.2) is 0 Å². The Morgan fingerprint density at radius 3 is 2.53 bits per heavy atom. The predicted octanol–water partition coefficient (Wildman–Crippen LogP) is 4.78. The molecule has 1 nitrogen and oxygen atoms in total. The molecule has 3 rings (SSSR count). The Labute approximate surface area is 112 Å². The van der Waals surface area contributed by atoms with Crippen molar-refractivity contribution in [2.24, 2.45) is 0 Å². The van der Waals surface area contributed by atoms with Gasteiger partial charge >= 0.3 is 0 Å². The first-order chi connectivity index (χ1) is 9.31. The molecule has 3 aromatic rings. The lowest BCUT2D eigenvalue weighted by atomic mass is 10.0. The van der Waals surface area contributed by atoms with E-state index in [0.29, 0.717) is 5.39 Å². The Kier molecular flexibility index (Phi) is 3.08. The molecule has 0 aliphatic carbocycles. The maximum absolute atomic E-state index is 13.8. The maximum atomic E-state index is 13.8. The van der Waals surface area contributed by atoms with Crippen LogP contribution in [0, 0.1) is 5.82 Å². The lowest BCUT2D eigenvalue weighted by Gasteiger charge is -2.19. The van der Waals surface area contributed by atoms with E-state index in [-0.39, 0.29) is 11.9 Å². The minimum absolute atomic E-state index is 0.154. The molecule has 0 saturated heterocycles. The van der Waals surface area contributed by atoms with Crippen LogP contribution in [0.4, 0.5) is 4.39 Å². The lowest BCUT2D eigenvalue weighted by Crippen LogP contribution is -2.08. The van der Waals surface area contributed by atoms with Crippen LogP contribution in [0.1, 0.15) is 24.9 Å². The van der Waals surface area contributed by atoms with Crippen molar-refractivity contribution in [1.29, 1.82) is 0 Å². The SMILES string of the molecule is CCC(c1ccccc1)n1ccc2c(F)cccc21. The standard InChI is InChI=1S/C17H16FN/c1-2-16(13-7-4-3-5-8-13)19-12-11-14-15(18)9-6-10-17(14)19/h3-12,16H,2H2,1H3. The normalized spacial score (nSPS) is 12.7. The van der Waals surface area contributed by atoms with Gasteiger partial charge in [-0.15, -0.1) is 0 Å². The van der Waals surface area contributed by atoms with Crippen molar-refractivity contribution in [1.82, 2.24) is 4.57 Å². The fourth-order valence-electron chi connectivity index (χ4n) is 2.69. The van der Waals surface area contributed by atoms with Gasteiger partial charge < -0.3 is 4.57 Å². The van der Waals surface area contributed by atoms with Crippen LogP contribution in [-0.2, 0) is 0 Å². The summed E-state index contributed by atoms with van der Waals surface area (Å²) in [6.45, 7) is 2.16. The van der Waals surface area contributed by atoms with E-state index in [4.69, 9.17) is 0 Å². The average Bonchev–Trinajstić information content (AvgIpc) is 2.87. The van der Waals surface area contributed by atoms with E-state index in [1.807, 2.05) is 36.5 Å². The number of hydrogen-bond acceptors (Lipinski definition) is 0. The van der Waals surface area contributed by atoms with E-state index < -0.39 is 0 Å². The second-order valence-corrected chi connectivity index (χ2v) is 4.73. The number of aromatic nitrogens is 1. The third-order valence-electron chi connectivity index (χ3n) is 3.62. The summed E-state index contributed by atoms with van der Waals surface area (Å²) in [5, 5.41) is 0.692. The van der Waals surface area contributed by atoms with Gasteiger partial charge in [0.25, 0.3) is 0 Å². The smallest absolute Gasteiger partial charge is 0.132 e. The summed E-state index contributed by atoms with van der Waals surface area (Å²) in [6, 6.07) is 17.7. The van der Waals surface area contributed by atoms with Crippen LogP contribution < -0.4 is 0 Å². The minimum atomic E-state index is -0.154. The number of hydrogen-bond donors (Lipinski definition) is 0. The molecule has 1 unspecified atom stereocenters. The summed E-state index contributed by atoms with van der Waals surface area (Å²) >= 11 is 0. The molecule has 19 heavy (non-hydrogen) atoms. The molecule has 2 aromatic carbocycles. The van der Waals surface area contributed by atoms with Gasteiger partial charge in [-0.25, -0.2) is 4.39 Å². The number of benzene rings is 2. The molecule has 0 spiro atoms. The van der Waals surface area contributed by atoms with E-state index >= 15 is 0 Å². The summed E-state index contributed by atoms with van der Waals surface area (Å²) in [5.41, 5.74) is 2.21. The van der Waals surface area contributed by atoms with Gasteiger partial charge in [-0.1, -0.05) is 43.3 Å². The van der Waals surface area contributed by atoms with Gasteiger partial charge in [-0.2, -0.15) is 0 Å². The van der Waals surface area contributed by atoms with Crippen molar-refractivity contribution >= 4 is 10.9 Å². The van der Waals surface area contributed by atoms with Gasteiger partial charge in [0.05, 0.1) is 11.6 Å². The molecule has 0 amide bonds. The molecule has 0 bridgehead atoms. The topological polar surface area (TPSA) is 4.93 Å². The van der Waals surface area contributed by atoms with Crippen LogP contribution in [0.5, 0.6) is 0 Å². The first-order valence-electron chi connectivity index (χ1n) is 6.61. The van der Waals surface area contributed by atoms with Crippen LogP contribution in [0.15, 0.2) is 60.8 Å². The van der Waals surface area contributed by atoms with Crippen LogP contribution in [0.25, 0.3) is 10.9 Å². The predicted molar refractivity (Wildman–Crippen MR) is 76.8 cm³/mol. The highest BCUT2D eigenvalue weighted by molar-refractivity contribution is 5.81. The van der Waals surface area contributed by atoms with Crippen molar-refractivity contribution in [2.75, 3.05) is 0 Å². The highest BCUT2D eigenvalue weighted by atomic mass is 19.1. The molecule has 1 atom stereocenters. The van der Waals surface area contributed by atoms with E-state index in [0.717, 1.165) is 11.9 Å². The maximum Gasteiger partial charge on any atom is 0.132 e. The molecule has 0 N–H and O–H groups in total. The third-order valence-corrected chi connectivity index (χ3v) is 3.62. The Bertz CT molecular complexity index is 685.